The van der Waals surface area contributed by atoms with Crippen LogP contribution in [0.1, 0.15) is 36.3 Å². The second-order valence-corrected chi connectivity index (χ2v) is 5.20. The van der Waals surface area contributed by atoms with E-state index in [1.165, 1.54) is 16.7 Å². The lowest BCUT2D eigenvalue weighted by Crippen LogP contribution is -2.83. The summed E-state index contributed by atoms with van der Waals surface area (Å²) in [6.07, 6.45) is 2.71. The highest BCUT2D eigenvalue weighted by atomic mass is 16.3. The van der Waals surface area contributed by atoms with Crippen molar-refractivity contribution < 1.29 is 9.73 Å². The number of benzene rings is 1. The van der Waals surface area contributed by atoms with E-state index in [4.69, 9.17) is 4.42 Å². The quantitative estimate of drug-likeness (QED) is 0.789. The number of rotatable bonds is 6. The van der Waals surface area contributed by atoms with E-state index in [9.17, 15) is 0 Å². The van der Waals surface area contributed by atoms with Crippen LogP contribution in [0.3, 0.4) is 0 Å². The molecule has 2 N–H and O–H groups in total. The molecule has 2 nitrogen and oxygen atoms in total. The van der Waals surface area contributed by atoms with Crippen molar-refractivity contribution in [3.63, 3.8) is 0 Å². The van der Waals surface area contributed by atoms with E-state index in [1.54, 1.807) is 6.26 Å². The molecule has 1 aromatic heterocycles. The van der Waals surface area contributed by atoms with Crippen molar-refractivity contribution in [1.82, 2.24) is 0 Å². The molecule has 2 aromatic rings. The molecule has 0 radical (unpaired) electrons. The van der Waals surface area contributed by atoms with Crippen molar-refractivity contribution in [1.29, 1.82) is 0 Å². The van der Waals surface area contributed by atoms with Gasteiger partial charge in [0.25, 0.3) is 0 Å². The van der Waals surface area contributed by atoms with Gasteiger partial charge in [-0.1, -0.05) is 42.0 Å². The Morgan fingerprint density at radius 3 is 2.58 bits per heavy atom. The summed E-state index contributed by atoms with van der Waals surface area (Å²) in [5.74, 6) is 1.01. The average Bonchev–Trinajstić information content (AvgIpc) is 2.88. The van der Waals surface area contributed by atoms with Crippen LogP contribution in [0.15, 0.2) is 59.2 Å². The molecule has 0 amide bonds. The summed E-state index contributed by atoms with van der Waals surface area (Å²) in [5.41, 5.74) is 3.85. The van der Waals surface area contributed by atoms with E-state index < -0.39 is 0 Å². The van der Waals surface area contributed by atoms with Crippen LogP contribution in [0.2, 0.25) is 0 Å². The van der Waals surface area contributed by atoms with Crippen LogP contribution in [0.5, 0.6) is 0 Å². The van der Waals surface area contributed by atoms with Gasteiger partial charge in [0.2, 0.25) is 0 Å². The van der Waals surface area contributed by atoms with Crippen LogP contribution in [0.25, 0.3) is 0 Å². The number of hydrogen-bond acceptors (Lipinski definition) is 1. The first-order valence-electron chi connectivity index (χ1n) is 6.72. The predicted octanol–water partition coefficient (Wildman–Crippen LogP) is 3.36. The van der Waals surface area contributed by atoms with Gasteiger partial charge in [-0.3, -0.25) is 0 Å². The number of hydrogen-bond donors (Lipinski definition) is 1. The standard InChI is InChI=1S/C17H21NO/c1-13(2)11-17(15-8-6-14(3)7-9-15)18-12-16-5-4-10-19-16/h4-10,17-18H,1,11-12H2,2-3H3/p+1/t17-/m1/s1. The molecule has 100 valence electrons. The minimum absolute atomic E-state index is 0.406. The van der Waals surface area contributed by atoms with Crippen LogP contribution >= 0.6 is 0 Å². The topological polar surface area (TPSA) is 29.8 Å². The van der Waals surface area contributed by atoms with Crippen molar-refractivity contribution >= 4 is 0 Å². The third kappa shape index (κ3) is 4.11. The molecule has 0 saturated carbocycles. The second-order valence-electron chi connectivity index (χ2n) is 5.20. The molecule has 2 heteroatoms. The summed E-state index contributed by atoms with van der Waals surface area (Å²) in [5, 5.41) is 2.32. The Hall–Kier alpha value is -1.80. The number of aryl methyl sites for hydroxylation is 1. The SMILES string of the molecule is C=C(C)C[C@@H]([NH2+]Cc1ccco1)c1ccc(C)cc1. The van der Waals surface area contributed by atoms with E-state index in [1.807, 2.05) is 12.1 Å². The highest BCUT2D eigenvalue weighted by Gasteiger charge is 2.15. The summed E-state index contributed by atoms with van der Waals surface area (Å²) in [6.45, 7) is 9.10. The average molecular weight is 256 g/mol. The zero-order valence-electron chi connectivity index (χ0n) is 11.7. The molecule has 0 fully saturated rings. The molecule has 1 aromatic carbocycles. The molecule has 0 aliphatic rings. The molecule has 1 heterocycles. The van der Waals surface area contributed by atoms with E-state index in [2.05, 4.69) is 50.0 Å². The van der Waals surface area contributed by atoms with Gasteiger partial charge in [-0.05, 0) is 26.0 Å². The van der Waals surface area contributed by atoms with Crippen LogP contribution in [-0.4, -0.2) is 0 Å². The fourth-order valence-electron chi connectivity index (χ4n) is 2.21. The van der Waals surface area contributed by atoms with E-state index in [-0.39, 0.29) is 0 Å². The van der Waals surface area contributed by atoms with Gasteiger partial charge in [0.05, 0.1) is 6.26 Å². The fraction of sp³-hybridized carbons (Fsp3) is 0.294. The van der Waals surface area contributed by atoms with Gasteiger partial charge < -0.3 is 9.73 Å². The number of furan rings is 1. The first-order valence-corrected chi connectivity index (χ1v) is 6.72. The summed E-state index contributed by atoms with van der Waals surface area (Å²) in [4.78, 5) is 0. The Morgan fingerprint density at radius 1 is 1.26 bits per heavy atom. The van der Waals surface area contributed by atoms with Gasteiger partial charge in [-0.2, -0.15) is 0 Å². The van der Waals surface area contributed by atoms with Crippen LogP contribution in [0.4, 0.5) is 0 Å². The fourth-order valence-corrected chi connectivity index (χ4v) is 2.21. The third-order valence-electron chi connectivity index (χ3n) is 3.26. The van der Waals surface area contributed by atoms with Gasteiger partial charge in [0.1, 0.15) is 12.6 Å². The number of nitrogens with two attached hydrogens (primary N) is 1. The zero-order valence-corrected chi connectivity index (χ0v) is 11.7. The van der Waals surface area contributed by atoms with Crippen molar-refractivity contribution in [2.45, 2.75) is 32.9 Å². The Bertz CT molecular complexity index is 511. The number of quaternary nitrogens is 1. The maximum Gasteiger partial charge on any atom is 0.157 e. The Labute approximate surface area is 115 Å². The first-order chi connectivity index (χ1) is 9.15. The molecule has 0 aliphatic heterocycles. The van der Waals surface area contributed by atoms with Crippen molar-refractivity contribution in [3.8, 4) is 0 Å². The molecule has 0 bridgehead atoms. The van der Waals surface area contributed by atoms with Crippen LogP contribution < -0.4 is 5.32 Å². The van der Waals surface area contributed by atoms with Crippen LogP contribution in [0, 0.1) is 6.92 Å². The van der Waals surface area contributed by atoms with Gasteiger partial charge >= 0.3 is 0 Å². The maximum atomic E-state index is 5.39. The Kier molecular flexibility index (Phi) is 4.58. The highest BCUT2D eigenvalue weighted by molar-refractivity contribution is 5.23. The van der Waals surface area contributed by atoms with Crippen LogP contribution in [-0.2, 0) is 6.54 Å². The second kappa shape index (κ2) is 6.39. The van der Waals surface area contributed by atoms with Gasteiger partial charge in [0.15, 0.2) is 5.76 Å². The summed E-state index contributed by atoms with van der Waals surface area (Å²) < 4.78 is 5.39. The summed E-state index contributed by atoms with van der Waals surface area (Å²) in [6, 6.07) is 13.1. The minimum Gasteiger partial charge on any atom is -0.463 e. The molecular formula is C17H22NO+. The van der Waals surface area contributed by atoms with E-state index in [0.717, 1.165) is 18.7 Å². The molecule has 1 atom stereocenters. The minimum atomic E-state index is 0.406. The Morgan fingerprint density at radius 2 is 2.00 bits per heavy atom. The summed E-state index contributed by atoms with van der Waals surface area (Å²) in [7, 11) is 0. The predicted molar refractivity (Wildman–Crippen MR) is 77.7 cm³/mol. The molecular weight excluding hydrogens is 234 g/mol. The molecule has 0 saturated heterocycles. The lowest BCUT2D eigenvalue weighted by molar-refractivity contribution is -0.712. The lowest BCUT2D eigenvalue weighted by atomic mass is 9.99. The molecule has 0 spiro atoms. The highest BCUT2D eigenvalue weighted by Crippen LogP contribution is 2.17. The lowest BCUT2D eigenvalue weighted by Gasteiger charge is -2.16. The zero-order chi connectivity index (χ0) is 13.7. The van der Waals surface area contributed by atoms with Gasteiger partial charge in [-0.25, -0.2) is 0 Å². The molecule has 19 heavy (non-hydrogen) atoms. The van der Waals surface area contributed by atoms with E-state index >= 15 is 0 Å². The molecule has 0 aliphatic carbocycles. The summed E-state index contributed by atoms with van der Waals surface area (Å²) >= 11 is 0. The maximum absolute atomic E-state index is 5.39. The molecule has 2 rings (SSSR count). The van der Waals surface area contributed by atoms with Crippen molar-refractivity contribution in [3.05, 3.63) is 71.7 Å². The monoisotopic (exact) mass is 256 g/mol. The Balaban J connectivity index is 2.06. The normalized spacial score (nSPS) is 12.3. The smallest absolute Gasteiger partial charge is 0.157 e. The van der Waals surface area contributed by atoms with E-state index in [0.29, 0.717) is 6.04 Å². The van der Waals surface area contributed by atoms with Crippen molar-refractivity contribution in [2.75, 3.05) is 0 Å². The molecule has 0 unspecified atom stereocenters. The van der Waals surface area contributed by atoms with Gasteiger partial charge in [-0.15, -0.1) is 0 Å². The first kappa shape index (κ1) is 13.6. The largest absolute Gasteiger partial charge is 0.463 e. The van der Waals surface area contributed by atoms with Gasteiger partial charge in [0, 0.05) is 12.0 Å². The third-order valence-corrected chi connectivity index (χ3v) is 3.26. The van der Waals surface area contributed by atoms with Crippen molar-refractivity contribution in [2.24, 2.45) is 0 Å².